The molecule has 1 amide bonds. The molecule has 0 aliphatic rings. The highest BCUT2D eigenvalue weighted by Crippen LogP contribution is 2.25. The Balaban J connectivity index is 1.67. The van der Waals surface area contributed by atoms with Crippen LogP contribution >= 0.6 is 0 Å². The van der Waals surface area contributed by atoms with E-state index in [1.807, 2.05) is 43.3 Å². The van der Waals surface area contributed by atoms with Crippen LogP contribution < -0.4 is 5.32 Å². The first-order valence-corrected chi connectivity index (χ1v) is 10.9. The second-order valence-corrected chi connectivity index (χ2v) is 8.24. The van der Waals surface area contributed by atoms with Crippen LogP contribution in [0.1, 0.15) is 38.4 Å². The molecule has 0 radical (unpaired) electrons. The summed E-state index contributed by atoms with van der Waals surface area (Å²) in [5, 5.41) is 7.88. The zero-order valence-electron chi connectivity index (χ0n) is 19.0. The van der Waals surface area contributed by atoms with E-state index in [1.165, 1.54) is 16.7 Å². The molecule has 1 N–H and O–H groups in total. The molecule has 2 aromatic heterocycles. The number of carbonyl (C=O) groups excluding carboxylic acids is 1. The van der Waals surface area contributed by atoms with Crippen LogP contribution in [-0.2, 0) is 6.42 Å². The SMILES string of the molecule is Cc1ccc(-n2nc(-c3ccc(C)c(C)c3)cc2C(=O)NCCc2ccccn2)c(C)c1. The van der Waals surface area contributed by atoms with Gasteiger partial charge in [0.25, 0.3) is 5.91 Å². The van der Waals surface area contributed by atoms with Crippen molar-refractivity contribution in [1.29, 1.82) is 0 Å². The van der Waals surface area contributed by atoms with Gasteiger partial charge in [0.05, 0.1) is 11.4 Å². The third-order valence-corrected chi connectivity index (χ3v) is 5.72. The van der Waals surface area contributed by atoms with E-state index in [9.17, 15) is 4.79 Å². The second-order valence-electron chi connectivity index (χ2n) is 8.24. The van der Waals surface area contributed by atoms with E-state index in [4.69, 9.17) is 5.10 Å². The summed E-state index contributed by atoms with van der Waals surface area (Å²) in [6, 6.07) is 20.1. The van der Waals surface area contributed by atoms with Crippen molar-refractivity contribution in [2.24, 2.45) is 0 Å². The Bertz CT molecular complexity index is 1260. The molecule has 0 aliphatic heterocycles. The first-order chi connectivity index (χ1) is 15.4. The fraction of sp³-hybridized carbons (Fsp3) is 0.222. The van der Waals surface area contributed by atoms with Crippen molar-refractivity contribution in [2.45, 2.75) is 34.1 Å². The summed E-state index contributed by atoms with van der Waals surface area (Å²) in [6.45, 7) is 8.79. The molecular weight excluding hydrogens is 396 g/mol. The molecule has 0 atom stereocenters. The predicted molar refractivity (Wildman–Crippen MR) is 128 cm³/mol. The van der Waals surface area contributed by atoms with E-state index in [1.54, 1.807) is 10.9 Å². The van der Waals surface area contributed by atoms with Gasteiger partial charge in [0.1, 0.15) is 5.69 Å². The molecule has 2 aromatic carbocycles. The lowest BCUT2D eigenvalue weighted by molar-refractivity contribution is 0.0946. The van der Waals surface area contributed by atoms with Crippen molar-refractivity contribution in [3.63, 3.8) is 0 Å². The molecule has 32 heavy (non-hydrogen) atoms. The first-order valence-electron chi connectivity index (χ1n) is 10.9. The molecule has 0 fully saturated rings. The fourth-order valence-corrected chi connectivity index (χ4v) is 3.75. The van der Waals surface area contributed by atoms with Crippen LogP contribution in [0.15, 0.2) is 66.9 Å². The molecule has 4 rings (SSSR count). The Morgan fingerprint density at radius 1 is 0.906 bits per heavy atom. The number of pyridine rings is 1. The Hall–Kier alpha value is -3.73. The summed E-state index contributed by atoms with van der Waals surface area (Å²) in [4.78, 5) is 17.5. The van der Waals surface area contributed by atoms with Crippen LogP contribution in [-0.4, -0.2) is 27.2 Å². The number of amides is 1. The number of nitrogens with one attached hydrogen (secondary N) is 1. The normalized spacial score (nSPS) is 10.9. The van der Waals surface area contributed by atoms with Gasteiger partial charge in [0, 0.05) is 30.4 Å². The Kier molecular flexibility index (Phi) is 6.17. The van der Waals surface area contributed by atoms with Gasteiger partial charge in [0.15, 0.2) is 0 Å². The van der Waals surface area contributed by atoms with Crippen molar-refractivity contribution in [2.75, 3.05) is 6.54 Å². The highest BCUT2D eigenvalue weighted by Gasteiger charge is 2.19. The number of carbonyl (C=O) groups is 1. The van der Waals surface area contributed by atoms with E-state index in [0.717, 1.165) is 28.2 Å². The molecular formula is C27H28N4O. The quantitative estimate of drug-likeness (QED) is 0.466. The molecule has 4 aromatic rings. The molecule has 162 valence electrons. The molecule has 0 spiro atoms. The minimum absolute atomic E-state index is 0.150. The van der Waals surface area contributed by atoms with Gasteiger partial charge in [-0.25, -0.2) is 4.68 Å². The Labute approximate surface area is 189 Å². The van der Waals surface area contributed by atoms with Crippen molar-refractivity contribution < 1.29 is 4.79 Å². The molecule has 0 bridgehead atoms. The van der Waals surface area contributed by atoms with Crippen LogP contribution in [0, 0.1) is 27.7 Å². The summed E-state index contributed by atoms with van der Waals surface area (Å²) in [5.74, 6) is -0.150. The topological polar surface area (TPSA) is 59.8 Å². The fourth-order valence-electron chi connectivity index (χ4n) is 3.75. The number of rotatable bonds is 6. The van der Waals surface area contributed by atoms with Gasteiger partial charge < -0.3 is 5.32 Å². The summed E-state index contributed by atoms with van der Waals surface area (Å²) < 4.78 is 1.76. The number of hydrogen-bond donors (Lipinski definition) is 1. The maximum atomic E-state index is 13.2. The zero-order chi connectivity index (χ0) is 22.7. The summed E-state index contributed by atoms with van der Waals surface area (Å²) in [6.07, 6.45) is 2.44. The standard InChI is InChI=1S/C27H28N4O/c1-18-8-11-25(21(4)15-18)31-26(27(32)29-14-12-23-7-5-6-13-28-23)17-24(30-31)22-10-9-19(2)20(3)16-22/h5-11,13,15-17H,12,14H2,1-4H3,(H,29,32). The van der Waals surface area contributed by atoms with Gasteiger partial charge in [-0.2, -0.15) is 5.10 Å². The number of aromatic nitrogens is 3. The maximum Gasteiger partial charge on any atom is 0.270 e. The lowest BCUT2D eigenvalue weighted by Crippen LogP contribution is -2.28. The highest BCUT2D eigenvalue weighted by molar-refractivity contribution is 5.94. The third kappa shape index (κ3) is 4.62. The number of hydrogen-bond acceptors (Lipinski definition) is 3. The summed E-state index contributed by atoms with van der Waals surface area (Å²) in [7, 11) is 0. The Morgan fingerprint density at radius 2 is 1.75 bits per heavy atom. The van der Waals surface area contributed by atoms with Crippen LogP contribution in [0.5, 0.6) is 0 Å². The minimum atomic E-state index is -0.150. The van der Waals surface area contributed by atoms with Gasteiger partial charge in [-0.3, -0.25) is 9.78 Å². The average molecular weight is 425 g/mol. The van der Waals surface area contributed by atoms with Gasteiger partial charge in [-0.1, -0.05) is 35.9 Å². The van der Waals surface area contributed by atoms with Crippen molar-refractivity contribution in [1.82, 2.24) is 20.1 Å². The van der Waals surface area contributed by atoms with Gasteiger partial charge >= 0.3 is 0 Å². The lowest BCUT2D eigenvalue weighted by Gasteiger charge is -2.11. The van der Waals surface area contributed by atoms with Crippen LogP contribution in [0.3, 0.4) is 0 Å². The number of benzene rings is 2. The van der Waals surface area contributed by atoms with Crippen molar-refractivity contribution in [3.05, 3.63) is 101 Å². The monoisotopic (exact) mass is 424 g/mol. The first kappa shape index (κ1) is 21.5. The third-order valence-electron chi connectivity index (χ3n) is 5.72. The molecule has 2 heterocycles. The molecule has 5 nitrogen and oxygen atoms in total. The zero-order valence-corrected chi connectivity index (χ0v) is 19.0. The Morgan fingerprint density at radius 3 is 2.47 bits per heavy atom. The van der Waals surface area contributed by atoms with E-state index >= 15 is 0 Å². The van der Waals surface area contributed by atoms with E-state index in [-0.39, 0.29) is 5.91 Å². The number of nitrogens with zero attached hydrogens (tertiary/aromatic N) is 3. The lowest BCUT2D eigenvalue weighted by atomic mass is 10.0. The smallest absolute Gasteiger partial charge is 0.270 e. The van der Waals surface area contributed by atoms with E-state index in [2.05, 4.69) is 55.3 Å². The summed E-state index contributed by atoms with van der Waals surface area (Å²) >= 11 is 0. The molecule has 0 aliphatic carbocycles. The molecule has 0 unspecified atom stereocenters. The largest absolute Gasteiger partial charge is 0.350 e. The van der Waals surface area contributed by atoms with Gasteiger partial charge in [-0.05, 0) is 74.7 Å². The number of aryl methyl sites for hydroxylation is 4. The van der Waals surface area contributed by atoms with Gasteiger partial charge in [-0.15, -0.1) is 0 Å². The maximum absolute atomic E-state index is 13.2. The molecule has 5 heteroatoms. The average Bonchev–Trinajstić information content (AvgIpc) is 3.21. The van der Waals surface area contributed by atoms with E-state index < -0.39 is 0 Å². The van der Waals surface area contributed by atoms with Crippen LogP contribution in [0.4, 0.5) is 0 Å². The summed E-state index contributed by atoms with van der Waals surface area (Å²) in [5.41, 5.74) is 8.83. The predicted octanol–water partition coefficient (Wildman–Crippen LogP) is 5.14. The molecule has 0 saturated carbocycles. The van der Waals surface area contributed by atoms with Gasteiger partial charge in [0.2, 0.25) is 0 Å². The highest BCUT2D eigenvalue weighted by atomic mass is 16.2. The molecule has 0 saturated heterocycles. The van der Waals surface area contributed by atoms with Crippen molar-refractivity contribution >= 4 is 5.91 Å². The minimum Gasteiger partial charge on any atom is -0.350 e. The van der Waals surface area contributed by atoms with Crippen LogP contribution in [0.2, 0.25) is 0 Å². The van der Waals surface area contributed by atoms with Crippen LogP contribution in [0.25, 0.3) is 16.9 Å². The van der Waals surface area contributed by atoms with Crippen molar-refractivity contribution in [3.8, 4) is 16.9 Å². The van der Waals surface area contributed by atoms with E-state index in [0.29, 0.717) is 18.7 Å². The second kappa shape index (κ2) is 9.18.